The van der Waals surface area contributed by atoms with Crippen molar-refractivity contribution < 1.29 is 14.6 Å². The van der Waals surface area contributed by atoms with Crippen LogP contribution in [0.15, 0.2) is 55.0 Å². The number of ether oxygens (including phenoxy) is 1. The first-order valence-electron chi connectivity index (χ1n) is 8.36. The number of rotatable bonds is 6. The van der Waals surface area contributed by atoms with Crippen LogP contribution in [0.2, 0.25) is 0 Å². The fourth-order valence-corrected chi connectivity index (χ4v) is 3.18. The number of hydrogen-bond donors (Lipinski definition) is 1. The molecular formula is C20H22N2O3. The van der Waals surface area contributed by atoms with E-state index in [2.05, 4.69) is 35.3 Å². The van der Waals surface area contributed by atoms with Gasteiger partial charge in [-0.15, -0.1) is 0 Å². The number of aliphatic hydroxyl groups excluding tert-OH is 1. The van der Waals surface area contributed by atoms with Crippen molar-refractivity contribution in [3.63, 3.8) is 0 Å². The average Bonchev–Trinajstić information content (AvgIpc) is 3.11. The van der Waals surface area contributed by atoms with Crippen molar-refractivity contribution in [1.29, 1.82) is 0 Å². The number of benzene rings is 2. The SMILES string of the molecule is COC(=O)c1cn([C@H](CCc2cccc3ccccc23)[C@H](C)O)cn1. The minimum absolute atomic E-state index is 0.162. The third-order valence-corrected chi connectivity index (χ3v) is 4.53. The molecule has 1 N–H and O–H groups in total. The van der Waals surface area contributed by atoms with Crippen LogP contribution < -0.4 is 0 Å². The number of methoxy groups -OCH3 is 1. The van der Waals surface area contributed by atoms with Gasteiger partial charge in [-0.25, -0.2) is 9.78 Å². The van der Waals surface area contributed by atoms with E-state index in [1.807, 2.05) is 12.1 Å². The van der Waals surface area contributed by atoms with Crippen LogP contribution >= 0.6 is 0 Å². The molecule has 1 aromatic heterocycles. The molecule has 0 amide bonds. The lowest BCUT2D eigenvalue weighted by Gasteiger charge is -2.21. The Morgan fingerprint density at radius 3 is 2.76 bits per heavy atom. The Balaban J connectivity index is 1.80. The molecule has 5 heteroatoms. The second kappa shape index (κ2) is 7.49. The fourth-order valence-electron chi connectivity index (χ4n) is 3.18. The monoisotopic (exact) mass is 338 g/mol. The molecule has 0 saturated heterocycles. The molecule has 3 rings (SSSR count). The molecule has 0 saturated carbocycles. The first-order chi connectivity index (χ1) is 12.1. The Bertz CT molecular complexity index is 865. The zero-order chi connectivity index (χ0) is 17.8. The second-order valence-corrected chi connectivity index (χ2v) is 6.18. The van der Waals surface area contributed by atoms with E-state index in [1.54, 1.807) is 24.0 Å². The van der Waals surface area contributed by atoms with Gasteiger partial charge in [-0.1, -0.05) is 42.5 Å². The lowest BCUT2D eigenvalue weighted by molar-refractivity contribution is 0.0594. The van der Waals surface area contributed by atoms with Gasteiger partial charge < -0.3 is 14.4 Å². The van der Waals surface area contributed by atoms with Crippen LogP contribution in [0, 0.1) is 0 Å². The number of carbonyl (C=O) groups excluding carboxylic acids is 1. The number of aliphatic hydroxyl groups is 1. The number of carbonyl (C=O) groups is 1. The van der Waals surface area contributed by atoms with E-state index < -0.39 is 12.1 Å². The molecule has 0 radical (unpaired) electrons. The Morgan fingerprint density at radius 1 is 1.24 bits per heavy atom. The van der Waals surface area contributed by atoms with Gasteiger partial charge in [0.05, 0.1) is 25.6 Å². The van der Waals surface area contributed by atoms with Crippen molar-refractivity contribution in [1.82, 2.24) is 9.55 Å². The van der Waals surface area contributed by atoms with Crippen LogP contribution in [0.1, 0.15) is 35.4 Å². The van der Waals surface area contributed by atoms with Crippen molar-refractivity contribution >= 4 is 16.7 Å². The number of aromatic nitrogens is 2. The van der Waals surface area contributed by atoms with E-state index in [4.69, 9.17) is 4.74 Å². The highest BCUT2D eigenvalue weighted by molar-refractivity contribution is 5.87. The lowest BCUT2D eigenvalue weighted by atomic mass is 9.97. The summed E-state index contributed by atoms with van der Waals surface area (Å²) in [5.41, 5.74) is 1.50. The molecule has 3 aromatic rings. The summed E-state index contributed by atoms with van der Waals surface area (Å²) in [6, 6.07) is 14.4. The van der Waals surface area contributed by atoms with Gasteiger partial charge in [-0.3, -0.25) is 0 Å². The maximum Gasteiger partial charge on any atom is 0.358 e. The first-order valence-corrected chi connectivity index (χ1v) is 8.36. The van der Waals surface area contributed by atoms with Gasteiger partial charge in [0.2, 0.25) is 0 Å². The van der Waals surface area contributed by atoms with Gasteiger partial charge in [0, 0.05) is 6.20 Å². The lowest BCUT2D eigenvalue weighted by Crippen LogP contribution is -2.21. The first kappa shape index (κ1) is 17.2. The molecule has 0 spiro atoms. The topological polar surface area (TPSA) is 64.3 Å². The minimum atomic E-state index is -0.560. The molecule has 5 nitrogen and oxygen atoms in total. The van der Waals surface area contributed by atoms with Gasteiger partial charge in [0.15, 0.2) is 5.69 Å². The summed E-state index contributed by atoms with van der Waals surface area (Å²) in [7, 11) is 1.33. The van der Waals surface area contributed by atoms with E-state index in [0.717, 1.165) is 12.8 Å². The predicted octanol–water partition coefficient (Wildman–Crippen LogP) is 3.38. The van der Waals surface area contributed by atoms with Crippen LogP contribution in [-0.4, -0.2) is 33.8 Å². The number of fused-ring (bicyclic) bond motifs is 1. The number of imidazole rings is 1. The highest BCUT2D eigenvalue weighted by atomic mass is 16.5. The maximum absolute atomic E-state index is 11.6. The molecule has 0 bridgehead atoms. The van der Waals surface area contributed by atoms with Gasteiger partial charge in [-0.2, -0.15) is 0 Å². The summed E-state index contributed by atoms with van der Waals surface area (Å²) in [4.78, 5) is 15.7. The summed E-state index contributed by atoms with van der Waals surface area (Å²) in [5, 5.41) is 12.6. The van der Waals surface area contributed by atoms with E-state index in [0.29, 0.717) is 0 Å². The number of esters is 1. The zero-order valence-corrected chi connectivity index (χ0v) is 14.4. The Hall–Kier alpha value is -2.66. The fraction of sp³-hybridized carbons (Fsp3) is 0.300. The van der Waals surface area contributed by atoms with Crippen LogP contribution in [-0.2, 0) is 11.2 Å². The van der Waals surface area contributed by atoms with Crippen molar-refractivity contribution in [2.24, 2.45) is 0 Å². The van der Waals surface area contributed by atoms with E-state index in [-0.39, 0.29) is 11.7 Å². The summed E-state index contributed by atoms with van der Waals surface area (Å²) >= 11 is 0. The molecule has 2 aromatic carbocycles. The summed E-state index contributed by atoms with van der Waals surface area (Å²) in [6.07, 6.45) is 4.21. The van der Waals surface area contributed by atoms with Crippen molar-refractivity contribution in [3.05, 3.63) is 66.2 Å². The molecule has 0 aliphatic rings. The largest absolute Gasteiger partial charge is 0.464 e. The third kappa shape index (κ3) is 3.72. The van der Waals surface area contributed by atoms with Crippen LogP contribution in [0.4, 0.5) is 0 Å². The normalized spacial score (nSPS) is 13.6. The Kier molecular flexibility index (Phi) is 5.14. The second-order valence-electron chi connectivity index (χ2n) is 6.18. The molecule has 0 aliphatic heterocycles. The van der Waals surface area contributed by atoms with Gasteiger partial charge in [0.1, 0.15) is 0 Å². The van der Waals surface area contributed by atoms with Crippen LogP contribution in [0.3, 0.4) is 0 Å². The zero-order valence-electron chi connectivity index (χ0n) is 14.4. The molecule has 130 valence electrons. The molecule has 1 heterocycles. The molecule has 2 atom stereocenters. The molecule has 0 unspecified atom stereocenters. The van der Waals surface area contributed by atoms with Crippen molar-refractivity contribution in [2.75, 3.05) is 7.11 Å². The minimum Gasteiger partial charge on any atom is -0.464 e. The molecule has 0 fully saturated rings. The van der Waals surface area contributed by atoms with Gasteiger partial charge in [0.25, 0.3) is 0 Å². The standard InChI is InChI=1S/C20H22N2O3/c1-14(23)19(22-12-18(21-13-22)20(24)25-2)11-10-16-8-5-7-15-6-3-4-9-17(15)16/h3-9,12-14,19,23H,10-11H2,1-2H3/t14-,19+/m0/s1. The summed E-state index contributed by atoms with van der Waals surface area (Å²) in [6.45, 7) is 1.76. The quantitative estimate of drug-likeness (QED) is 0.700. The van der Waals surface area contributed by atoms with E-state index in [9.17, 15) is 9.90 Å². The predicted molar refractivity (Wildman–Crippen MR) is 96.6 cm³/mol. The highest BCUT2D eigenvalue weighted by Crippen LogP contribution is 2.24. The van der Waals surface area contributed by atoms with Crippen LogP contribution in [0.25, 0.3) is 10.8 Å². The van der Waals surface area contributed by atoms with E-state index in [1.165, 1.54) is 23.4 Å². The van der Waals surface area contributed by atoms with Crippen molar-refractivity contribution in [3.8, 4) is 0 Å². The Morgan fingerprint density at radius 2 is 2.00 bits per heavy atom. The Labute approximate surface area is 146 Å². The highest BCUT2D eigenvalue weighted by Gasteiger charge is 2.19. The third-order valence-electron chi connectivity index (χ3n) is 4.53. The maximum atomic E-state index is 11.6. The molecule has 0 aliphatic carbocycles. The van der Waals surface area contributed by atoms with Crippen LogP contribution in [0.5, 0.6) is 0 Å². The number of nitrogens with zero attached hydrogens (tertiary/aromatic N) is 2. The van der Waals surface area contributed by atoms with Gasteiger partial charge >= 0.3 is 5.97 Å². The summed E-state index contributed by atoms with van der Waals surface area (Å²) < 4.78 is 6.48. The smallest absolute Gasteiger partial charge is 0.358 e. The van der Waals surface area contributed by atoms with E-state index >= 15 is 0 Å². The molecular weight excluding hydrogens is 316 g/mol. The average molecular weight is 338 g/mol. The van der Waals surface area contributed by atoms with Gasteiger partial charge in [-0.05, 0) is 36.1 Å². The molecule has 25 heavy (non-hydrogen) atoms. The van der Waals surface area contributed by atoms with Crippen molar-refractivity contribution in [2.45, 2.75) is 31.9 Å². The summed E-state index contributed by atoms with van der Waals surface area (Å²) in [5.74, 6) is -0.475. The number of hydrogen-bond acceptors (Lipinski definition) is 4. The number of aryl methyl sites for hydroxylation is 1.